The lowest BCUT2D eigenvalue weighted by Crippen LogP contribution is -2.68. The van der Waals surface area contributed by atoms with Crippen LogP contribution in [0.1, 0.15) is 58.2 Å². The molecule has 0 amide bonds. The fraction of sp³-hybridized carbons (Fsp3) is 0.500. The molecular weight excluding hydrogens is 556 g/mol. The molecule has 0 heterocycles. The summed E-state index contributed by atoms with van der Waals surface area (Å²) in [7, 11) is -2.49. The van der Waals surface area contributed by atoms with E-state index in [1.807, 2.05) is 91.0 Å². The van der Waals surface area contributed by atoms with Crippen molar-refractivity contribution in [3.63, 3.8) is 0 Å². The molecule has 1 saturated carbocycles. The summed E-state index contributed by atoms with van der Waals surface area (Å²) in [5, 5.41) is 23.5. The van der Waals surface area contributed by atoms with Crippen molar-refractivity contribution < 1.29 is 28.8 Å². The first kappa shape index (κ1) is 33.5. The van der Waals surface area contributed by atoms with Gasteiger partial charge >= 0.3 is 0 Å². The third kappa shape index (κ3) is 8.03. The summed E-state index contributed by atoms with van der Waals surface area (Å²) in [6.45, 7) is 14.2. The average molecular weight is 607 g/mol. The number of aliphatic hydroxyl groups excluding tert-OH is 2. The van der Waals surface area contributed by atoms with Gasteiger partial charge in [0.05, 0.1) is 19.8 Å². The second-order valence-electron chi connectivity index (χ2n) is 12.7. The lowest BCUT2D eigenvalue weighted by atomic mass is 9.84. The first-order valence-electron chi connectivity index (χ1n) is 15.7. The van der Waals surface area contributed by atoms with Crippen molar-refractivity contribution in [3.05, 3.63) is 108 Å². The van der Waals surface area contributed by atoms with Gasteiger partial charge in [0, 0.05) is 0 Å². The Kier molecular flexibility index (Phi) is 12.1. The van der Waals surface area contributed by atoms with Gasteiger partial charge in [-0.1, -0.05) is 133 Å². The van der Waals surface area contributed by atoms with Crippen molar-refractivity contribution in [3.8, 4) is 0 Å². The van der Waals surface area contributed by atoms with Gasteiger partial charge in [0.1, 0.15) is 36.6 Å². The van der Waals surface area contributed by atoms with Crippen molar-refractivity contribution in [2.45, 2.75) is 115 Å². The molecule has 0 spiro atoms. The number of rotatable bonds is 14. The summed E-state index contributed by atoms with van der Waals surface area (Å²) >= 11 is 0. The molecule has 0 saturated heterocycles. The van der Waals surface area contributed by atoms with E-state index < -0.39 is 44.9 Å². The van der Waals surface area contributed by atoms with E-state index in [9.17, 15) is 10.2 Å². The van der Waals surface area contributed by atoms with Gasteiger partial charge in [0.2, 0.25) is 8.32 Å². The summed E-state index contributed by atoms with van der Waals surface area (Å²) in [5.41, 5.74) is 3.81. The van der Waals surface area contributed by atoms with Crippen LogP contribution in [0.3, 0.4) is 0 Å². The Morgan fingerprint density at radius 1 is 0.488 bits per heavy atom. The Morgan fingerprint density at radius 2 is 0.791 bits per heavy atom. The van der Waals surface area contributed by atoms with E-state index in [1.54, 1.807) is 0 Å². The quantitative estimate of drug-likeness (QED) is 0.192. The molecule has 6 atom stereocenters. The van der Waals surface area contributed by atoms with E-state index in [0.717, 1.165) is 16.7 Å². The molecule has 0 bridgehead atoms. The summed E-state index contributed by atoms with van der Waals surface area (Å²) in [6.07, 6.45) is -5.48. The molecular formula is C36H50O6Si. The van der Waals surface area contributed by atoms with Gasteiger partial charge in [-0.3, -0.25) is 0 Å². The number of ether oxygens (including phenoxy) is 3. The Hall–Kier alpha value is -2.36. The van der Waals surface area contributed by atoms with Crippen molar-refractivity contribution >= 4 is 8.32 Å². The summed E-state index contributed by atoms with van der Waals surface area (Å²) < 4.78 is 26.9. The van der Waals surface area contributed by atoms with Crippen molar-refractivity contribution in [1.82, 2.24) is 0 Å². The first-order chi connectivity index (χ1) is 20.6. The van der Waals surface area contributed by atoms with Crippen LogP contribution in [0.4, 0.5) is 0 Å². The Morgan fingerprint density at radius 3 is 1.14 bits per heavy atom. The highest BCUT2D eigenvalue weighted by Crippen LogP contribution is 2.45. The van der Waals surface area contributed by atoms with Crippen LogP contribution < -0.4 is 0 Å². The number of aliphatic hydroxyl groups is 2. The Balaban J connectivity index is 1.73. The van der Waals surface area contributed by atoms with Crippen LogP contribution in [0, 0.1) is 0 Å². The van der Waals surface area contributed by atoms with E-state index in [4.69, 9.17) is 18.6 Å². The van der Waals surface area contributed by atoms with Gasteiger partial charge in [0.15, 0.2) is 0 Å². The Bertz CT molecular complexity index is 1180. The van der Waals surface area contributed by atoms with Gasteiger partial charge < -0.3 is 28.8 Å². The molecule has 3 aromatic rings. The lowest BCUT2D eigenvalue weighted by Gasteiger charge is -2.52. The van der Waals surface area contributed by atoms with Crippen molar-refractivity contribution in [2.75, 3.05) is 0 Å². The zero-order valence-corrected chi connectivity index (χ0v) is 27.5. The van der Waals surface area contributed by atoms with Gasteiger partial charge in [-0.2, -0.15) is 0 Å². The monoisotopic (exact) mass is 606 g/mol. The largest absolute Gasteiger partial charge is 0.408 e. The van der Waals surface area contributed by atoms with Gasteiger partial charge in [-0.15, -0.1) is 0 Å². The van der Waals surface area contributed by atoms with Gasteiger partial charge in [0.25, 0.3) is 0 Å². The Labute approximate surface area is 259 Å². The number of hydrogen-bond donors (Lipinski definition) is 2. The van der Waals surface area contributed by atoms with Crippen LogP contribution in [0.15, 0.2) is 91.0 Å². The van der Waals surface area contributed by atoms with Crippen LogP contribution in [-0.2, 0) is 38.5 Å². The maximum absolute atomic E-state index is 11.8. The van der Waals surface area contributed by atoms with Crippen LogP contribution in [0.5, 0.6) is 0 Å². The molecule has 0 unspecified atom stereocenters. The van der Waals surface area contributed by atoms with Crippen LogP contribution in [-0.4, -0.2) is 55.2 Å². The maximum Gasteiger partial charge on any atom is 0.201 e. The number of benzene rings is 3. The highest BCUT2D eigenvalue weighted by Gasteiger charge is 2.57. The van der Waals surface area contributed by atoms with Crippen LogP contribution in [0.2, 0.25) is 16.6 Å². The number of hydrogen-bond acceptors (Lipinski definition) is 6. The van der Waals surface area contributed by atoms with Crippen molar-refractivity contribution in [1.29, 1.82) is 0 Å². The molecule has 0 aromatic heterocycles. The molecule has 7 heteroatoms. The van der Waals surface area contributed by atoms with Crippen LogP contribution >= 0.6 is 0 Å². The average Bonchev–Trinajstić information content (AvgIpc) is 3.00. The summed E-state index contributed by atoms with van der Waals surface area (Å²) in [4.78, 5) is 0. The van der Waals surface area contributed by atoms with Gasteiger partial charge in [-0.25, -0.2) is 0 Å². The molecule has 1 aliphatic rings. The molecule has 4 rings (SSSR count). The third-order valence-electron chi connectivity index (χ3n) is 8.90. The predicted octanol–water partition coefficient (Wildman–Crippen LogP) is 7.04. The summed E-state index contributed by atoms with van der Waals surface area (Å²) in [6, 6.07) is 29.7. The lowest BCUT2D eigenvalue weighted by molar-refractivity contribution is -0.260. The molecule has 43 heavy (non-hydrogen) atoms. The van der Waals surface area contributed by atoms with E-state index in [0.29, 0.717) is 13.2 Å². The zero-order chi connectivity index (χ0) is 31.0. The highest BCUT2D eigenvalue weighted by molar-refractivity contribution is 6.77. The minimum absolute atomic E-state index is 0.264. The van der Waals surface area contributed by atoms with E-state index >= 15 is 0 Å². The predicted molar refractivity (Wildman–Crippen MR) is 173 cm³/mol. The molecule has 3 aromatic carbocycles. The molecule has 1 aliphatic carbocycles. The third-order valence-corrected chi connectivity index (χ3v) is 15.0. The van der Waals surface area contributed by atoms with E-state index in [-0.39, 0.29) is 23.2 Å². The normalized spacial score (nSPS) is 24.6. The van der Waals surface area contributed by atoms with Crippen molar-refractivity contribution in [2.24, 2.45) is 0 Å². The first-order valence-corrected chi connectivity index (χ1v) is 17.8. The fourth-order valence-corrected chi connectivity index (χ4v) is 12.4. The molecule has 0 aliphatic heterocycles. The molecule has 6 nitrogen and oxygen atoms in total. The summed E-state index contributed by atoms with van der Waals surface area (Å²) in [5.74, 6) is 0. The van der Waals surface area contributed by atoms with Gasteiger partial charge in [-0.05, 0) is 33.3 Å². The second-order valence-corrected chi connectivity index (χ2v) is 18.1. The maximum atomic E-state index is 11.8. The highest BCUT2D eigenvalue weighted by atomic mass is 28.4. The van der Waals surface area contributed by atoms with Crippen LogP contribution in [0.25, 0.3) is 0 Å². The zero-order valence-electron chi connectivity index (χ0n) is 26.5. The fourth-order valence-electron chi connectivity index (χ4n) is 6.80. The minimum Gasteiger partial charge on any atom is -0.408 e. The molecule has 1 fully saturated rings. The SMILES string of the molecule is CC(C)[Si](O[C@H]1[C@H](O)[C@H](O)[C@H](OCc2ccccc2)[C@@H](OCc2ccccc2)[C@@H]1OCc1ccccc1)(C(C)C)C(C)C. The van der Waals surface area contributed by atoms with E-state index in [1.165, 1.54) is 0 Å². The smallest absolute Gasteiger partial charge is 0.201 e. The molecule has 2 N–H and O–H groups in total. The topological polar surface area (TPSA) is 77.4 Å². The minimum atomic E-state index is -2.49. The molecule has 234 valence electrons. The second kappa shape index (κ2) is 15.6. The standard InChI is InChI=1S/C36H50O6Si/c1-25(2)43(26(3)4,27(5)6)42-34-32(38)31(37)33(39-22-28-16-10-7-11-17-28)35(40-23-29-18-12-8-13-19-29)36(34)41-24-30-20-14-9-15-21-30/h7-21,25-27,31-38H,22-24H2,1-6H3/t31-,32+,33-,34-,35+,36+/m0/s1. The molecule has 0 radical (unpaired) electrons. The van der Waals surface area contributed by atoms with E-state index in [2.05, 4.69) is 41.5 Å².